The fourth-order valence-electron chi connectivity index (χ4n) is 3.14. The molecular formula is C17H26N2O4S. The van der Waals surface area contributed by atoms with E-state index in [1.54, 1.807) is 12.0 Å². The van der Waals surface area contributed by atoms with Gasteiger partial charge < -0.3 is 9.64 Å². The molecule has 0 radical (unpaired) electrons. The number of nitrogens with zero attached hydrogens (tertiary/aromatic N) is 1. The molecule has 6 nitrogen and oxygen atoms in total. The van der Waals surface area contributed by atoms with Gasteiger partial charge in [0.1, 0.15) is 0 Å². The number of amides is 1. The molecule has 0 bridgehead atoms. The second-order valence-corrected chi connectivity index (χ2v) is 8.28. The van der Waals surface area contributed by atoms with Crippen LogP contribution in [0.25, 0.3) is 0 Å². The number of hydrogen-bond acceptors (Lipinski definition) is 4. The molecule has 1 amide bonds. The zero-order valence-electron chi connectivity index (χ0n) is 14.5. The van der Waals surface area contributed by atoms with E-state index in [-0.39, 0.29) is 18.6 Å². The predicted molar refractivity (Wildman–Crippen MR) is 93.2 cm³/mol. The lowest BCUT2D eigenvalue weighted by molar-refractivity contribution is -0.135. The molecule has 24 heavy (non-hydrogen) atoms. The van der Waals surface area contributed by atoms with Crippen molar-refractivity contribution >= 4 is 15.9 Å². The Balaban J connectivity index is 1.94. The van der Waals surface area contributed by atoms with Crippen molar-refractivity contribution in [2.45, 2.75) is 25.9 Å². The molecular weight excluding hydrogens is 328 g/mol. The molecule has 0 unspecified atom stereocenters. The fourth-order valence-corrected chi connectivity index (χ4v) is 3.52. The second kappa shape index (κ2) is 8.09. The summed E-state index contributed by atoms with van der Waals surface area (Å²) >= 11 is 0. The van der Waals surface area contributed by atoms with Gasteiger partial charge in [0.15, 0.2) is 0 Å². The minimum absolute atomic E-state index is 0.0403. The van der Waals surface area contributed by atoms with Crippen LogP contribution in [0, 0.1) is 12.8 Å². The molecule has 2 atom stereocenters. The van der Waals surface area contributed by atoms with Crippen molar-refractivity contribution in [3.63, 3.8) is 0 Å². The number of rotatable bonds is 6. The summed E-state index contributed by atoms with van der Waals surface area (Å²) in [6.45, 7) is 3.00. The van der Waals surface area contributed by atoms with Crippen LogP contribution >= 0.6 is 0 Å². The quantitative estimate of drug-likeness (QED) is 0.825. The number of sulfonamides is 1. The van der Waals surface area contributed by atoms with Crippen LogP contribution in [0.15, 0.2) is 24.3 Å². The van der Waals surface area contributed by atoms with Crippen LogP contribution in [0.4, 0.5) is 0 Å². The average Bonchev–Trinajstić information content (AvgIpc) is 2.52. The molecule has 134 valence electrons. The minimum Gasteiger partial charge on any atom is -0.379 e. The van der Waals surface area contributed by atoms with E-state index in [1.807, 2.05) is 0 Å². The van der Waals surface area contributed by atoms with Crippen molar-refractivity contribution in [2.24, 2.45) is 5.92 Å². The third-order valence-electron chi connectivity index (χ3n) is 4.42. The number of nitrogens with one attached hydrogen (secondary N) is 1. The minimum atomic E-state index is -3.36. The number of benzene rings is 1. The van der Waals surface area contributed by atoms with Gasteiger partial charge in [-0.25, -0.2) is 13.1 Å². The summed E-state index contributed by atoms with van der Waals surface area (Å²) in [7, 11) is -1.70. The number of likely N-dealkylation sites (tertiary alicyclic amines) is 1. The molecule has 1 aromatic carbocycles. The number of methoxy groups -OCH3 is 1. The molecule has 1 heterocycles. The Hall–Kier alpha value is -1.44. The van der Waals surface area contributed by atoms with E-state index < -0.39 is 10.0 Å². The zero-order chi connectivity index (χ0) is 17.7. The lowest BCUT2D eigenvalue weighted by Gasteiger charge is -2.38. The van der Waals surface area contributed by atoms with E-state index in [1.165, 1.54) is 11.1 Å². The second-order valence-electron chi connectivity index (χ2n) is 6.45. The zero-order valence-corrected chi connectivity index (χ0v) is 15.3. The summed E-state index contributed by atoms with van der Waals surface area (Å²) in [6.07, 6.45) is 2.77. The molecule has 1 saturated heterocycles. The Labute approximate surface area is 144 Å². The SMILES string of the molecule is CO[C@H]1CN(C(=O)CNS(C)(=O)=O)CC[C@@H]1Cc1cccc(C)c1. The first-order valence-electron chi connectivity index (χ1n) is 8.09. The van der Waals surface area contributed by atoms with Gasteiger partial charge >= 0.3 is 0 Å². The van der Waals surface area contributed by atoms with E-state index in [4.69, 9.17) is 4.74 Å². The number of carbonyl (C=O) groups excluding carboxylic acids is 1. The number of carbonyl (C=O) groups is 1. The summed E-state index contributed by atoms with van der Waals surface area (Å²) in [5.74, 6) is 0.139. The van der Waals surface area contributed by atoms with E-state index in [9.17, 15) is 13.2 Å². The van der Waals surface area contributed by atoms with Gasteiger partial charge in [0, 0.05) is 20.2 Å². The first-order valence-corrected chi connectivity index (χ1v) is 9.98. The van der Waals surface area contributed by atoms with Crippen LogP contribution in [-0.4, -0.2) is 58.3 Å². The molecule has 1 fully saturated rings. The first kappa shape index (κ1) is 18.9. The summed E-state index contributed by atoms with van der Waals surface area (Å²) < 4.78 is 30.1. The Morgan fingerprint density at radius 1 is 1.42 bits per heavy atom. The number of aryl methyl sites for hydroxylation is 1. The Kier molecular flexibility index (Phi) is 6.37. The number of piperidine rings is 1. The molecule has 1 aromatic rings. The predicted octanol–water partition coefficient (Wildman–Crippen LogP) is 0.950. The van der Waals surface area contributed by atoms with Gasteiger partial charge in [-0.2, -0.15) is 0 Å². The number of hydrogen-bond donors (Lipinski definition) is 1. The summed E-state index contributed by atoms with van der Waals surface area (Å²) in [6, 6.07) is 8.43. The Bertz CT molecular complexity index is 675. The molecule has 0 spiro atoms. The van der Waals surface area contributed by atoms with Crippen molar-refractivity contribution < 1.29 is 17.9 Å². The van der Waals surface area contributed by atoms with Gasteiger partial charge in [0.2, 0.25) is 15.9 Å². The monoisotopic (exact) mass is 354 g/mol. The maximum atomic E-state index is 12.2. The highest BCUT2D eigenvalue weighted by molar-refractivity contribution is 7.88. The lowest BCUT2D eigenvalue weighted by Crippen LogP contribution is -2.50. The van der Waals surface area contributed by atoms with Crippen molar-refractivity contribution in [3.8, 4) is 0 Å². The fraction of sp³-hybridized carbons (Fsp3) is 0.588. The van der Waals surface area contributed by atoms with Crippen LogP contribution in [0.2, 0.25) is 0 Å². The highest BCUT2D eigenvalue weighted by atomic mass is 32.2. The molecule has 1 N–H and O–H groups in total. The van der Waals surface area contributed by atoms with Gasteiger partial charge in [-0.1, -0.05) is 29.8 Å². The normalized spacial score (nSPS) is 21.7. The standard InChI is InChI=1S/C17H26N2O4S/c1-13-5-4-6-14(9-13)10-15-7-8-19(12-16(15)23-2)17(20)11-18-24(3,21)22/h4-6,9,15-16,18H,7-8,10-12H2,1-3H3/t15-,16+/m1/s1. The highest BCUT2D eigenvalue weighted by Gasteiger charge is 2.31. The van der Waals surface area contributed by atoms with Crippen molar-refractivity contribution in [3.05, 3.63) is 35.4 Å². The maximum absolute atomic E-state index is 12.2. The van der Waals surface area contributed by atoms with Gasteiger partial charge in [0.05, 0.1) is 18.9 Å². The third-order valence-corrected chi connectivity index (χ3v) is 5.09. The first-order chi connectivity index (χ1) is 11.3. The average molecular weight is 354 g/mol. The van der Waals surface area contributed by atoms with Crippen LogP contribution in [0.3, 0.4) is 0 Å². The van der Waals surface area contributed by atoms with Crippen LogP contribution < -0.4 is 4.72 Å². The summed E-state index contributed by atoms with van der Waals surface area (Å²) in [5, 5.41) is 0. The largest absolute Gasteiger partial charge is 0.379 e. The lowest BCUT2D eigenvalue weighted by atomic mass is 9.87. The van der Waals surface area contributed by atoms with E-state index in [0.29, 0.717) is 19.0 Å². The Morgan fingerprint density at radius 3 is 2.79 bits per heavy atom. The van der Waals surface area contributed by atoms with E-state index in [2.05, 4.69) is 35.9 Å². The molecule has 7 heteroatoms. The van der Waals surface area contributed by atoms with Gasteiger partial charge in [0.25, 0.3) is 0 Å². The van der Waals surface area contributed by atoms with E-state index in [0.717, 1.165) is 19.1 Å². The summed E-state index contributed by atoms with van der Waals surface area (Å²) in [4.78, 5) is 13.8. The maximum Gasteiger partial charge on any atom is 0.237 e. The van der Waals surface area contributed by atoms with Crippen LogP contribution in [-0.2, 0) is 26.0 Å². The third kappa shape index (κ3) is 5.58. The van der Waals surface area contributed by atoms with Gasteiger partial charge in [-0.05, 0) is 31.2 Å². The molecule has 1 aliphatic rings. The molecule has 2 rings (SSSR count). The van der Waals surface area contributed by atoms with E-state index >= 15 is 0 Å². The van der Waals surface area contributed by atoms with Crippen molar-refractivity contribution in [2.75, 3.05) is 33.0 Å². The molecule has 0 aromatic heterocycles. The van der Waals surface area contributed by atoms with Gasteiger partial charge in [-0.15, -0.1) is 0 Å². The van der Waals surface area contributed by atoms with Crippen molar-refractivity contribution in [1.29, 1.82) is 0 Å². The van der Waals surface area contributed by atoms with Gasteiger partial charge in [-0.3, -0.25) is 4.79 Å². The molecule has 1 aliphatic heterocycles. The Morgan fingerprint density at radius 2 is 2.17 bits per heavy atom. The smallest absolute Gasteiger partial charge is 0.237 e. The van der Waals surface area contributed by atoms with Crippen LogP contribution in [0.1, 0.15) is 17.5 Å². The van der Waals surface area contributed by atoms with Crippen molar-refractivity contribution in [1.82, 2.24) is 9.62 Å². The van der Waals surface area contributed by atoms with Crippen LogP contribution in [0.5, 0.6) is 0 Å². The molecule has 0 aliphatic carbocycles. The summed E-state index contributed by atoms with van der Waals surface area (Å²) in [5.41, 5.74) is 2.52. The highest BCUT2D eigenvalue weighted by Crippen LogP contribution is 2.24. The molecule has 0 saturated carbocycles. The topological polar surface area (TPSA) is 75.7 Å². The number of ether oxygens (including phenoxy) is 1.